The summed E-state index contributed by atoms with van der Waals surface area (Å²) in [5, 5.41) is 0.411. The van der Waals surface area contributed by atoms with Gasteiger partial charge in [0.25, 0.3) is 0 Å². The maximum atomic E-state index is 12.2. The zero-order valence-corrected chi connectivity index (χ0v) is 11.2. The molecule has 1 aromatic heterocycles. The topological polar surface area (TPSA) is 30.0 Å². The molecule has 0 fully saturated rings. The number of nitrogens with zero attached hydrogens (tertiary/aromatic N) is 1. The summed E-state index contributed by atoms with van der Waals surface area (Å²) in [6.45, 7) is 4.02. The van der Waals surface area contributed by atoms with Crippen molar-refractivity contribution in [3.05, 3.63) is 63.9 Å². The summed E-state index contributed by atoms with van der Waals surface area (Å²) < 4.78 is 0. The van der Waals surface area contributed by atoms with Crippen LogP contribution in [0.5, 0.6) is 0 Å². The van der Waals surface area contributed by atoms with E-state index in [1.165, 1.54) is 0 Å². The molecule has 18 heavy (non-hydrogen) atoms. The van der Waals surface area contributed by atoms with Crippen molar-refractivity contribution in [2.45, 2.75) is 20.3 Å². The maximum absolute atomic E-state index is 12.2. The predicted octanol–water partition coefficient (Wildman–Crippen LogP) is 3.78. The van der Waals surface area contributed by atoms with Gasteiger partial charge in [0.15, 0.2) is 5.78 Å². The first-order valence-corrected chi connectivity index (χ1v) is 6.16. The summed E-state index contributed by atoms with van der Waals surface area (Å²) in [4.78, 5) is 16.2. The third-order valence-corrected chi connectivity index (χ3v) is 3.31. The number of carbonyl (C=O) groups is 1. The standard InChI is InChI=1S/C15H14ClNO/c1-10-5-3-6-11(2)12(10)9-14(18)15-13(16)7-4-8-17-15/h3-8H,9H2,1-2H3. The fraction of sp³-hybridized carbons (Fsp3) is 0.200. The van der Waals surface area contributed by atoms with Crippen LogP contribution in [0.15, 0.2) is 36.5 Å². The SMILES string of the molecule is Cc1cccc(C)c1CC(=O)c1ncccc1Cl. The van der Waals surface area contributed by atoms with Crippen molar-refractivity contribution in [1.29, 1.82) is 0 Å². The molecule has 92 valence electrons. The van der Waals surface area contributed by atoms with Crippen molar-refractivity contribution in [1.82, 2.24) is 4.98 Å². The van der Waals surface area contributed by atoms with Crippen LogP contribution in [-0.4, -0.2) is 10.8 Å². The highest BCUT2D eigenvalue weighted by Gasteiger charge is 2.14. The van der Waals surface area contributed by atoms with Gasteiger partial charge in [-0.15, -0.1) is 0 Å². The van der Waals surface area contributed by atoms with Crippen LogP contribution >= 0.6 is 11.6 Å². The molecule has 0 radical (unpaired) electrons. The van der Waals surface area contributed by atoms with Gasteiger partial charge in [-0.25, -0.2) is 0 Å². The van der Waals surface area contributed by atoms with Crippen LogP contribution in [0.1, 0.15) is 27.2 Å². The summed E-state index contributed by atoms with van der Waals surface area (Å²) in [7, 11) is 0. The first-order chi connectivity index (χ1) is 8.59. The van der Waals surface area contributed by atoms with Gasteiger partial charge in [0.2, 0.25) is 0 Å². The number of aryl methyl sites for hydroxylation is 2. The van der Waals surface area contributed by atoms with Gasteiger partial charge < -0.3 is 0 Å². The second kappa shape index (κ2) is 5.32. The molecule has 0 aliphatic heterocycles. The minimum absolute atomic E-state index is 0.0435. The predicted molar refractivity (Wildman–Crippen MR) is 73.2 cm³/mol. The van der Waals surface area contributed by atoms with Crippen LogP contribution in [0, 0.1) is 13.8 Å². The monoisotopic (exact) mass is 259 g/mol. The Morgan fingerprint density at radius 3 is 2.44 bits per heavy atom. The lowest BCUT2D eigenvalue weighted by atomic mass is 9.97. The highest BCUT2D eigenvalue weighted by atomic mass is 35.5. The van der Waals surface area contributed by atoms with E-state index in [9.17, 15) is 4.79 Å². The van der Waals surface area contributed by atoms with Gasteiger partial charge in [-0.1, -0.05) is 29.8 Å². The van der Waals surface area contributed by atoms with Crippen LogP contribution < -0.4 is 0 Å². The van der Waals surface area contributed by atoms with E-state index in [1.807, 2.05) is 32.0 Å². The molecule has 0 bridgehead atoms. The van der Waals surface area contributed by atoms with Crippen LogP contribution in [-0.2, 0) is 6.42 Å². The molecule has 1 heterocycles. The molecule has 0 spiro atoms. The first kappa shape index (κ1) is 12.8. The molecule has 0 atom stereocenters. The molecular weight excluding hydrogens is 246 g/mol. The molecule has 0 saturated heterocycles. The summed E-state index contributed by atoms with van der Waals surface area (Å²) >= 11 is 5.98. The molecule has 0 aliphatic carbocycles. The van der Waals surface area contributed by atoms with Crippen molar-refractivity contribution in [2.24, 2.45) is 0 Å². The molecule has 2 aromatic rings. The van der Waals surface area contributed by atoms with Gasteiger partial charge in [0.1, 0.15) is 5.69 Å². The number of halogens is 1. The van der Waals surface area contributed by atoms with Crippen LogP contribution in [0.25, 0.3) is 0 Å². The summed E-state index contributed by atoms with van der Waals surface area (Å²) in [6.07, 6.45) is 1.93. The van der Waals surface area contributed by atoms with Crippen molar-refractivity contribution in [3.63, 3.8) is 0 Å². The lowest BCUT2D eigenvalue weighted by Crippen LogP contribution is -2.08. The average Bonchev–Trinajstić information content (AvgIpc) is 2.34. The average molecular weight is 260 g/mol. The Labute approximate surface area is 112 Å². The van der Waals surface area contributed by atoms with Crippen molar-refractivity contribution in [2.75, 3.05) is 0 Å². The Morgan fingerprint density at radius 1 is 1.17 bits per heavy atom. The molecule has 0 saturated carbocycles. The van der Waals surface area contributed by atoms with Crippen molar-refractivity contribution >= 4 is 17.4 Å². The number of hydrogen-bond acceptors (Lipinski definition) is 2. The van der Waals surface area contributed by atoms with Crippen LogP contribution in [0.2, 0.25) is 5.02 Å². The number of aromatic nitrogens is 1. The van der Waals surface area contributed by atoms with Gasteiger partial charge >= 0.3 is 0 Å². The lowest BCUT2D eigenvalue weighted by molar-refractivity contribution is 0.0988. The molecule has 0 unspecified atom stereocenters. The van der Waals surface area contributed by atoms with E-state index >= 15 is 0 Å². The smallest absolute Gasteiger partial charge is 0.187 e. The van der Waals surface area contributed by atoms with E-state index in [0.717, 1.165) is 16.7 Å². The van der Waals surface area contributed by atoms with E-state index < -0.39 is 0 Å². The van der Waals surface area contributed by atoms with Crippen molar-refractivity contribution < 1.29 is 4.79 Å². The number of hydrogen-bond donors (Lipinski definition) is 0. The zero-order valence-electron chi connectivity index (χ0n) is 10.4. The quantitative estimate of drug-likeness (QED) is 0.786. The maximum Gasteiger partial charge on any atom is 0.187 e. The fourth-order valence-corrected chi connectivity index (χ4v) is 2.19. The van der Waals surface area contributed by atoms with Crippen LogP contribution in [0.3, 0.4) is 0 Å². The third-order valence-electron chi connectivity index (χ3n) is 3.00. The molecule has 0 amide bonds. The molecule has 2 nitrogen and oxygen atoms in total. The molecule has 0 aliphatic rings. The van der Waals surface area contributed by atoms with E-state index in [4.69, 9.17) is 11.6 Å². The lowest BCUT2D eigenvalue weighted by Gasteiger charge is -2.09. The number of carbonyl (C=O) groups excluding carboxylic acids is 1. The third kappa shape index (κ3) is 2.59. The van der Waals surface area contributed by atoms with Gasteiger partial charge in [0.05, 0.1) is 5.02 Å². The van der Waals surface area contributed by atoms with Gasteiger partial charge in [-0.2, -0.15) is 0 Å². The number of pyridine rings is 1. The van der Waals surface area contributed by atoms with Gasteiger partial charge in [-0.05, 0) is 42.7 Å². The minimum atomic E-state index is -0.0435. The van der Waals surface area contributed by atoms with Crippen molar-refractivity contribution in [3.8, 4) is 0 Å². The normalized spacial score (nSPS) is 10.4. The molecule has 3 heteroatoms. The van der Waals surface area contributed by atoms with E-state index in [0.29, 0.717) is 17.1 Å². The van der Waals surface area contributed by atoms with E-state index in [2.05, 4.69) is 4.98 Å². The second-order valence-electron chi connectivity index (χ2n) is 4.30. The van der Waals surface area contributed by atoms with Crippen LogP contribution in [0.4, 0.5) is 0 Å². The highest BCUT2D eigenvalue weighted by molar-refractivity contribution is 6.33. The zero-order chi connectivity index (χ0) is 13.1. The first-order valence-electron chi connectivity index (χ1n) is 5.78. The highest BCUT2D eigenvalue weighted by Crippen LogP contribution is 2.19. The second-order valence-corrected chi connectivity index (χ2v) is 4.71. The summed E-state index contributed by atoms with van der Waals surface area (Å²) in [5.41, 5.74) is 3.65. The number of benzene rings is 1. The Kier molecular flexibility index (Phi) is 3.78. The minimum Gasteiger partial charge on any atom is -0.292 e. The van der Waals surface area contributed by atoms with E-state index in [-0.39, 0.29) is 5.78 Å². The molecule has 1 aromatic carbocycles. The molecule has 2 rings (SSSR count). The van der Waals surface area contributed by atoms with E-state index in [1.54, 1.807) is 18.3 Å². The Hall–Kier alpha value is -1.67. The fourth-order valence-electron chi connectivity index (χ4n) is 1.96. The Balaban J connectivity index is 2.30. The number of Topliss-reactive ketones (excluding diaryl/α,β-unsaturated/α-hetero) is 1. The largest absolute Gasteiger partial charge is 0.292 e. The summed E-state index contributed by atoms with van der Waals surface area (Å²) in [5.74, 6) is -0.0435. The number of ketones is 1. The van der Waals surface area contributed by atoms with Gasteiger partial charge in [-0.3, -0.25) is 9.78 Å². The molecule has 0 N–H and O–H groups in total. The Bertz CT molecular complexity index is 573. The Morgan fingerprint density at radius 2 is 1.83 bits per heavy atom. The number of rotatable bonds is 3. The summed E-state index contributed by atoms with van der Waals surface area (Å²) in [6, 6.07) is 9.42. The van der Waals surface area contributed by atoms with Gasteiger partial charge in [0, 0.05) is 12.6 Å². The molecular formula is C15H14ClNO.